The third-order valence-corrected chi connectivity index (χ3v) is 5.91. The highest BCUT2D eigenvalue weighted by molar-refractivity contribution is 7.19. The van der Waals surface area contributed by atoms with Crippen LogP contribution >= 0.6 is 11.3 Å². The summed E-state index contributed by atoms with van der Waals surface area (Å²) in [5.74, 6) is 1.28. The molecule has 0 fully saturated rings. The second-order valence-electron chi connectivity index (χ2n) is 6.56. The Morgan fingerprint density at radius 3 is 2.33 bits per heavy atom. The van der Waals surface area contributed by atoms with E-state index >= 15 is 0 Å². The first kappa shape index (κ1) is 18.3. The summed E-state index contributed by atoms with van der Waals surface area (Å²) >= 11 is 1.55. The van der Waals surface area contributed by atoms with E-state index in [-0.39, 0.29) is 0 Å². The Hall–Kier alpha value is -3.75. The van der Waals surface area contributed by atoms with E-state index < -0.39 is 6.10 Å². The first-order valence-corrected chi connectivity index (χ1v) is 10.1. The number of H-pyrrole nitrogens is 1. The lowest BCUT2D eigenvalue weighted by atomic mass is 9.99. The molecule has 5 rings (SSSR count). The van der Waals surface area contributed by atoms with Crippen LogP contribution in [0.2, 0.25) is 0 Å². The monoisotopic (exact) mass is 412 g/mol. The minimum absolute atomic E-state index is 0.628. The number of aliphatic hydroxyl groups excluding tert-OH is 1. The van der Waals surface area contributed by atoms with Gasteiger partial charge in [-0.15, -0.1) is 11.3 Å². The lowest BCUT2D eigenvalue weighted by Crippen LogP contribution is -2.00. The standard InChI is InChI=1S/C22H16N6OS/c29-19(15-2-4-16(5-3-15)21-24-8-1-9-25-21)17-12-18(14-6-10-23-11-7-14)30-20(17)22-26-13-27-28-22/h1-13,19,29H,(H,26,27,28). The van der Waals surface area contributed by atoms with E-state index in [4.69, 9.17) is 0 Å². The van der Waals surface area contributed by atoms with E-state index in [0.29, 0.717) is 11.6 Å². The summed E-state index contributed by atoms with van der Waals surface area (Å²) in [6.07, 6.45) is 7.57. The number of benzene rings is 1. The van der Waals surface area contributed by atoms with Gasteiger partial charge in [-0.2, -0.15) is 5.10 Å². The Morgan fingerprint density at radius 2 is 1.63 bits per heavy atom. The Morgan fingerprint density at radius 1 is 0.867 bits per heavy atom. The molecule has 0 amide bonds. The van der Waals surface area contributed by atoms with Crippen LogP contribution in [0, 0.1) is 0 Å². The fourth-order valence-electron chi connectivity index (χ4n) is 3.21. The molecule has 0 aliphatic heterocycles. The quantitative estimate of drug-likeness (QED) is 0.450. The maximum absolute atomic E-state index is 11.2. The fraction of sp³-hybridized carbons (Fsp3) is 0.0455. The lowest BCUT2D eigenvalue weighted by Gasteiger charge is -2.12. The second kappa shape index (κ2) is 7.94. The van der Waals surface area contributed by atoms with Gasteiger partial charge >= 0.3 is 0 Å². The number of nitrogens with one attached hydrogen (secondary N) is 1. The predicted molar refractivity (Wildman–Crippen MR) is 114 cm³/mol. The number of thiophene rings is 1. The van der Waals surface area contributed by atoms with Gasteiger partial charge in [-0.1, -0.05) is 24.3 Å². The van der Waals surface area contributed by atoms with Crippen LogP contribution in [0.5, 0.6) is 0 Å². The molecule has 0 radical (unpaired) electrons. The molecule has 5 aromatic rings. The van der Waals surface area contributed by atoms with Crippen LogP contribution < -0.4 is 0 Å². The molecule has 1 aromatic carbocycles. The van der Waals surface area contributed by atoms with E-state index in [0.717, 1.165) is 32.0 Å². The van der Waals surface area contributed by atoms with Gasteiger partial charge in [0.25, 0.3) is 0 Å². The highest BCUT2D eigenvalue weighted by Crippen LogP contribution is 2.41. The Kier molecular flexibility index (Phi) is 4.84. The number of hydrogen-bond acceptors (Lipinski definition) is 7. The van der Waals surface area contributed by atoms with Crippen molar-refractivity contribution in [2.24, 2.45) is 0 Å². The molecule has 4 aromatic heterocycles. The Labute approximate surface area is 176 Å². The van der Waals surface area contributed by atoms with Gasteiger partial charge in [-0.05, 0) is 35.4 Å². The zero-order valence-electron chi connectivity index (χ0n) is 15.7. The van der Waals surface area contributed by atoms with Crippen LogP contribution in [-0.2, 0) is 0 Å². The zero-order valence-corrected chi connectivity index (χ0v) is 16.5. The van der Waals surface area contributed by atoms with Crippen molar-refractivity contribution in [1.82, 2.24) is 30.1 Å². The number of aromatic nitrogens is 6. The summed E-state index contributed by atoms with van der Waals surface area (Å²) in [5, 5.41) is 18.1. The van der Waals surface area contributed by atoms with Crippen molar-refractivity contribution in [3.8, 4) is 32.5 Å². The number of hydrogen-bond donors (Lipinski definition) is 2. The van der Waals surface area contributed by atoms with Crippen LogP contribution in [0.1, 0.15) is 17.2 Å². The molecule has 0 aliphatic carbocycles. The van der Waals surface area contributed by atoms with Gasteiger partial charge in [-0.25, -0.2) is 15.0 Å². The first-order chi connectivity index (χ1) is 14.8. The second-order valence-corrected chi connectivity index (χ2v) is 7.61. The first-order valence-electron chi connectivity index (χ1n) is 9.25. The molecule has 0 spiro atoms. The summed E-state index contributed by atoms with van der Waals surface area (Å²) < 4.78 is 0. The molecule has 8 heteroatoms. The van der Waals surface area contributed by atoms with Crippen LogP contribution in [0.25, 0.3) is 32.5 Å². The van der Waals surface area contributed by atoms with Crippen molar-refractivity contribution < 1.29 is 5.11 Å². The van der Waals surface area contributed by atoms with Gasteiger partial charge < -0.3 is 5.11 Å². The highest BCUT2D eigenvalue weighted by atomic mass is 32.1. The van der Waals surface area contributed by atoms with E-state index in [1.165, 1.54) is 6.33 Å². The molecule has 0 bridgehead atoms. The van der Waals surface area contributed by atoms with Crippen LogP contribution in [0.4, 0.5) is 0 Å². The Balaban J connectivity index is 1.53. The highest BCUT2D eigenvalue weighted by Gasteiger charge is 2.22. The van der Waals surface area contributed by atoms with Crippen molar-refractivity contribution in [1.29, 1.82) is 0 Å². The smallest absolute Gasteiger partial charge is 0.165 e. The molecule has 0 aliphatic rings. The average Bonchev–Trinajstić information content (AvgIpc) is 3.50. The summed E-state index contributed by atoms with van der Waals surface area (Å²) in [7, 11) is 0. The molecule has 0 saturated carbocycles. The van der Waals surface area contributed by atoms with Crippen molar-refractivity contribution in [2.75, 3.05) is 0 Å². The topological polar surface area (TPSA) is 100 Å². The number of pyridine rings is 1. The van der Waals surface area contributed by atoms with E-state index in [1.807, 2.05) is 42.5 Å². The molecule has 7 nitrogen and oxygen atoms in total. The molecule has 0 saturated heterocycles. The minimum atomic E-state index is -0.817. The predicted octanol–water partition coefficient (Wildman–Crippen LogP) is 4.13. The molecule has 1 atom stereocenters. The third kappa shape index (κ3) is 3.49. The SMILES string of the molecule is OC(c1ccc(-c2ncccn2)cc1)c1cc(-c2ccncc2)sc1-c1ncn[nH]1. The van der Waals surface area contributed by atoms with Crippen LogP contribution in [0.15, 0.2) is 79.6 Å². The van der Waals surface area contributed by atoms with Crippen molar-refractivity contribution >= 4 is 11.3 Å². The van der Waals surface area contributed by atoms with E-state index in [1.54, 1.807) is 42.2 Å². The molecule has 30 heavy (non-hydrogen) atoms. The fourth-order valence-corrected chi connectivity index (χ4v) is 4.35. The molecule has 4 heterocycles. The molecular weight excluding hydrogens is 396 g/mol. The largest absolute Gasteiger partial charge is 0.384 e. The van der Waals surface area contributed by atoms with Gasteiger partial charge in [0.05, 0.1) is 4.88 Å². The van der Waals surface area contributed by atoms with Gasteiger partial charge in [0.2, 0.25) is 0 Å². The summed E-state index contributed by atoms with van der Waals surface area (Å²) in [6, 6.07) is 15.3. The van der Waals surface area contributed by atoms with Gasteiger partial charge in [0.1, 0.15) is 12.4 Å². The number of aliphatic hydroxyl groups is 1. The summed E-state index contributed by atoms with van der Waals surface area (Å²) in [4.78, 5) is 18.8. The van der Waals surface area contributed by atoms with Crippen LogP contribution in [-0.4, -0.2) is 35.2 Å². The number of rotatable bonds is 5. The van der Waals surface area contributed by atoms with Gasteiger partial charge in [0.15, 0.2) is 11.6 Å². The maximum Gasteiger partial charge on any atom is 0.165 e. The van der Waals surface area contributed by atoms with Gasteiger partial charge in [-0.3, -0.25) is 10.1 Å². The van der Waals surface area contributed by atoms with Crippen molar-refractivity contribution in [3.63, 3.8) is 0 Å². The minimum Gasteiger partial charge on any atom is -0.384 e. The normalized spacial score (nSPS) is 12.0. The van der Waals surface area contributed by atoms with Gasteiger partial charge in [0, 0.05) is 40.8 Å². The number of nitrogens with zero attached hydrogens (tertiary/aromatic N) is 5. The maximum atomic E-state index is 11.2. The van der Waals surface area contributed by atoms with Crippen LogP contribution in [0.3, 0.4) is 0 Å². The van der Waals surface area contributed by atoms with E-state index in [9.17, 15) is 5.11 Å². The summed E-state index contributed by atoms with van der Waals surface area (Å²) in [6.45, 7) is 0. The molecule has 2 N–H and O–H groups in total. The average molecular weight is 412 g/mol. The Bertz CT molecular complexity index is 1240. The van der Waals surface area contributed by atoms with Crippen molar-refractivity contribution in [3.05, 3.63) is 90.8 Å². The molecule has 1 unspecified atom stereocenters. The van der Waals surface area contributed by atoms with E-state index in [2.05, 4.69) is 30.1 Å². The summed E-state index contributed by atoms with van der Waals surface area (Å²) in [5.41, 5.74) is 3.47. The molecular formula is C22H16N6OS. The lowest BCUT2D eigenvalue weighted by molar-refractivity contribution is 0.221. The third-order valence-electron chi connectivity index (χ3n) is 4.70. The number of aromatic amines is 1. The zero-order chi connectivity index (χ0) is 20.3. The van der Waals surface area contributed by atoms with Crippen molar-refractivity contribution in [2.45, 2.75) is 6.10 Å². The molecule has 146 valence electrons.